The molecule has 14 nitrogen and oxygen atoms in total. The number of rotatable bonds is 9. The lowest BCUT2D eigenvalue weighted by atomic mass is 9.80. The molecular weight excluding hydrogens is 1760 g/mol. The smallest absolute Gasteiger partial charge is 0.167 e. The van der Waals surface area contributed by atoms with Crippen LogP contribution in [-0.2, 0) is 21.7 Å². The molecule has 0 unspecified atom stereocenters. The highest BCUT2D eigenvalue weighted by Gasteiger charge is 2.45. The van der Waals surface area contributed by atoms with Gasteiger partial charge in [-0.05, 0) is 156 Å². The summed E-state index contributed by atoms with van der Waals surface area (Å²) in [6, 6.07) is 132. The molecule has 0 saturated carbocycles. The second-order valence-corrected chi connectivity index (χ2v) is 40.0. The number of hydrogen-bond donors (Lipinski definition) is 0. The molecule has 30 rings (SSSR count). The highest BCUT2D eigenvalue weighted by Crippen LogP contribution is 2.61. The van der Waals surface area contributed by atoms with Gasteiger partial charge in [0.2, 0.25) is 0 Å². The first-order valence-electron chi connectivity index (χ1n) is 48.7. The number of aromatic nitrogens is 9. The summed E-state index contributed by atoms with van der Waals surface area (Å²) in [6.07, 6.45) is 0. The summed E-state index contributed by atoms with van der Waals surface area (Å²) >= 11 is 0. The molecule has 143 heavy (non-hydrogen) atoms. The fraction of sp³-hybridized carbons (Fsp3) is 0.0930. The maximum absolute atomic E-state index is 6.77. The zero-order chi connectivity index (χ0) is 95.6. The van der Waals surface area contributed by atoms with Gasteiger partial charge in [-0.2, -0.15) is 0 Å². The van der Waals surface area contributed by atoms with E-state index in [2.05, 4.69) is 268 Å². The van der Waals surface area contributed by atoms with Crippen LogP contribution in [0.5, 0.6) is 0 Å². The summed E-state index contributed by atoms with van der Waals surface area (Å²) in [5.74, 6) is 5.36. The molecule has 4 aliphatic carbocycles. The quantitative estimate of drug-likeness (QED) is 0.133. The molecule has 0 N–H and O–H groups in total. The van der Waals surface area contributed by atoms with Crippen LogP contribution in [0.1, 0.15) is 99.9 Å². The van der Waals surface area contributed by atoms with Crippen molar-refractivity contribution >= 4 is 110 Å². The second kappa shape index (κ2) is 31.2. The number of furan rings is 5. The Morgan fingerprint density at radius 3 is 0.986 bits per heavy atom. The van der Waals surface area contributed by atoms with E-state index in [0.717, 1.165) is 165 Å². The minimum absolute atomic E-state index is 0.138. The Kier molecular flexibility index (Phi) is 18.2. The minimum Gasteiger partial charge on any atom is -0.456 e. The van der Waals surface area contributed by atoms with Gasteiger partial charge in [-0.25, -0.2) is 44.9 Å². The molecular formula is C129H87N9O5. The summed E-state index contributed by atoms with van der Waals surface area (Å²) in [7, 11) is 0. The Bertz CT molecular complexity index is 9890. The van der Waals surface area contributed by atoms with Crippen LogP contribution in [0.15, 0.2) is 404 Å². The largest absolute Gasteiger partial charge is 0.456 e. The normalized spacial score (nSPS) is 14.0. The number of para-hydroxylation sites is 6. The van der Waals surface area contributed by atoms with Gasteiger partial charge in [-0.15, -0.1) is 0 Å². The van der Waals surface area contributed by atoms with Crippen LogP contribution in [0.25, 0.3) is 257 Å². The van der Waals surface area contributed by atoms with Crippen LogP contribution in [-0.4, -0.2) is 44.9 Å². The molecule has 0 aliphatic heterocycles. The van der Waals surface area contributed by atoms with Gasteiger partial charge in [0.05, 0.1) is 16.7 Å². The molecule has 0 saturated heterocycles. The summed E-state index contributed by atoms with van der Waals surface area (Å²) in [5, 5.41) is 10.8. The maximum atomic E-state index is 6.77. The van der Waals surface area contributed by atoms with Crippen LogP contribution in [0.3, 0.4) is 0 Å². The van der Waals surface area contributed by atoms with Crippen LogP contribution in [0, 0.1) is 0 Å². The second-order valence-electron chi connectivity index (χ2n) is 40.0. The molecule has 678 valence electrons. The fourth-order valence-corrected chi connectivity index (χ4v) is 23.7. The van der Waals surface area contributed by atoms with Crippen LogP contribution < -0.4 is 0 Å². The van der Waals surface area contributed by atoms with E-state index in [-0.39, 0.29) is 21.7 Å². The van der Waals surface area contributed by atoms with Crippen LogP contribution >= 0.6 is 0 Å². The van der Waals surface area contributed by atoms with Gasteiger partial charge in [0.15, 0.2) is 52.4 Å². The molecule has 0 amide bonds. The van der Waals surface area contributed by atoms with Crippen LogP contribution in [0.2, 0.25) is 0 Å². The summed E-state index contributed by atoms with van der Waals surface area (Å²) < 4.78 is 32.8. The van der Waals surface area contributed by atoms with Gasteiger partial charge in [0.1, 0.15) is 55.8 Å². The lowest BCUT2D eigenvalue weighted by molar-refractivity contribution is 0.657. The third-order valence-electron chi connectivity index (χ3n) is 30.3. The van der Waals surface area contributed by atoms with Crippen molar-refractivity contribution in [2.45, 2.75) is 77.0 Å². The topological polar surface area (TPSA) is 182 Å². The van der Waals surface area contributed by atoms with E-state index in [1.54, 1.807) is 0 Å². The fourth-order valence-electron chi connectivity index (χ4n) is 23.7. The van der Waals surface area contributed by atoms with Gasteiger partial charge in [0.25, 0.3) is 0 Å². The summed E-state index contributed by atoms with van der Waals surface area (Å²) in [5.41, 5.74) is 35.5. The molecule has 4 aliphatic rings. The third-order valence-corrected chi connectivity index (χ3v) is 30.3. The Morgan fingerprint density at radius 2 is 0.476 bits per heavy atom. The SMILES string of the molecule is CC1(C)c2ccccc2-c2c(-c3nc(-c4ccccc4)nc(-c4cccc5oc6ccccc6c45)n3)cc3oc4ccccc4c3c21.CC1(C)c2ccccc2-c2cc(-c3nc(-c4ccccc4)nc(-c4cccc5c4oc4ccccc45)n3)c3oc4ccccc4c3c21.CC1(C)c2ccccc2-c2ccc(-c3nc(-c4ccccc4)nc(-c4cc5c(c6c4oc4ccccc46)C(C)(C)c4ccccc4-5)n3)cc21. The van der Waals surface area contributed by atoms with E-state index in [1.165, 1.54) is 83.5 Å². The van der Waals surface area contributed by atoms with Crippen molar-refractivity contribution in [3.63, 3.8) is 0 Å². The Labute approximate surface area is 821 Å². The van der Waals surface area contributed by atoms with Crippen molar-refractivity contribution in [1.29, 1.82) is 0 Å². The lowest BCUT2D eigenvalue weighted by Crippen LogP contribution is -2.15. The van der Waals surface area contributed by atoms with E-state index in [9.17, 15) is 0 Å². The van der Waals surface area contributed by atoms with E-state index in [1.807, 2.05) is 170 Å². The molecule has 8 aromatic heterocycles. The zero-order valence-corrected chi connectivity index (χ0v) is 79.4. The average molecular weight is 1840 g/mol. The first-order chi connectivity index (χ1) is 69.9. The van der Waals surface area contributed by atoms with Crippen molar-refractivity contribution < 1.29 is 22.1 Å². The molecule has 0 radical (unpaired) electrons. The zero-order valence-electron chi connectivity index (χ0n) is 79.4. The van der Waals surface area contributed by atoms with Gasteiger partial charge in [0, 0.05) is 109 Å². The summed E-state index contributed by atoms with van der Waals surface area (Å²) in [4.78, 5) is 46.6. The highest BCUT2D eigenvalue weighted by atomic mass is 16.3. The first kappa shape index (κ1) is 83.2. The van der Waals surface area contributed by atoms with Crippen molar-refractivity contribution in [3.05, 3.63) is 427 Å². The predicted octanol–water partition coefficient (Wildman–Crippen LogP) is 33.3. The lowest BCUT2D eigenvalue weighted by Gasteiger charge is -2.22. The maximum Gasteiger partial charge on any atom is 0.167 e. The molecule has 14 heteroatoms. The van der Waals surface area contributed by atoms with E-state index < -0.39 is 0 Å². The van der Waals surface area contributed by atoms with Crippen molar-refractivity contribution in [1.82, 2.24) is 44.9 Å². The van der Waals surface area contributed by atoms with Crippen molar-refractivity contribution in [3.8, 4) is 147 Å². The van der Waals surface area contributed by atoms with Gasteiger partial charge < -0.3 is 22.1 Å². The average Bonchev–Trinajstić information content (AvgIpc) is 1.56. The molecule has 0 bridgehead atoms. The van der Waals surface area contributed by atoms with E-state index >= 15 is 0 Å². The monoisotopic (exact) mass is 1840 g/mol. The number of benzene rings is 18. The molecule has 0 atom stereocenters. The van der Waals surface area contributed by atoms with E-state index in [0.29, 0.717) is 52.4 Å². The predicted molar refractivity (Wildman–Crippen MR) is 575 cm³/mol. The highest BCUT2D eigenvalue weighted by molar-refractivity contribution is 6.19. The van der Waals surface area contributed by atoms with E-state index in [4.69, 9.17) is 66.9 Å². The standard InChI is InChI=1S/C45H33N3O.2C42H27N3O2/c1-44(2)34-19-11-8-16-28(34)30-23-22-27(24-36(30)44)42-46-41(26-14-6-5-7-15-26)47-43(48-42)33-25-32-29-17-9-12-20-35(29)45(3,4)39(32)38-31-18-10-13-21-37(31)49-40(33)38;1-42(2)32-20-9-6-15-25(32)30-23-31(38-35(36(30)42)28-17-8-11-22-34(28)47-38)41-44-39(24-13-4-3-5-14-24)43-40(45-41)29-19-12-18-27-26-16-7-10-21-33(26)46-37(27)29;1-42(2)30-19-9-6-15-25(30)36-29(23-34-37(38(36)42)27-17-8-11-21-32(27)47-34)41-44-39(24-13-4-3-5-14-24)43-40(45-41)28-18-12-22-33-35(28)26-16-7-10-20-31(26)46-33/h5-25H,1-4H3;2*3-23H,1-2H3. The van der Waals surface area contributed by atoms with Crippen molar-refractivity contribution in [2.75, 3.05) is 0 Å². The molecule has 18 aromatic carbocycles. The summed E-state index contributed by atoms with van der Waals surface area (Å²) in [6.45, 7) is 18.5. The Hall–Kier alpha value is -18.0. The van der Waals surface area contributed by atoms with Gasteiger partial charge >= 0.3 is 0 Å². The molecule has 0 fully saturated rings. The number of hydrogen-bond acceptors (Lipinski definition) is 14. The molecule has 8 heterocycles. The number of nitrogens with zero attached hydrogens (tertiary/aromatic N) is 9. The third kappa shape index (κ3) is 12.6. The van der Waals surface area contributed by atoms with Crippen LogP contribution in [0.4, 0.5) is 0 Å². The van der Waals surface area contributed by atoms with Crippen molar-refractivity contribution in [2.24, 2.45) is 0 Å². The Morgan fingerprint density at radius 1 is 0.161 bits per heavy atom. The Balaban J connectivity index is 0.000000105. The minimum atomic E-state index is -0.272. The molecule has 0 spiro atoms. The first-order valence-corrected chi connectivity index (χ1v) is 48.7. The van der Waals surface area contributed by atoms with Gasteiger partial charge in [-0.3, -0.25) is 0 Å². The van der Waals surface area contributed by atoms with Gasteiger partial charge in [-0.1, -0.05) is 371 Å². The number of fused-ring (bicyclic) bond motifs is 30. The molecule has 26 aromatic rings.